The molecule has 4 fully saturated rings. The zero-order valence-electron chi connectivity index (χ0n) is 17.0. The fraction of sp³-hybridized carbons (Fsp3) is 0.591. The maximum Gasteiger partial charge on any atom is 0.340 e. The Hall–Kier alpha value is -2.12. The van der Waals surface area contributed by atoms with Crippen molar-refractivity contribution in [3.05, 3.63) is 28.8 Å². The molecular weight excluding hydrogens is 408 g/mol. The molecule has 2 amide bonds. The van der Waals surface area contributed by atoms with Crippen molar-refractivity contribution in [2.24, 2.45) is 17.8 Å². The van der Waals surface area contributed by atoms with Gasteiger partial charge in [-0.3, -0.25) is 9.59 Å². The number of hydrogen-bond donors (Lipinski definition) is 2. The Labute approximate surface area is 180 Å². The van der Waals surface area contributed by atoms with Crippen LogP contribution in [0.3, 0.4) is 0 Å². The molecule has 4 aliphatic carbocycles. The number of hydrogen-bond acceptors (Lipinski definition) is 5. The summed E-state index contributed by atoms with van der Waals surface area (Å²) in [5, 5.41) is 6.17. The Morgan fingerprint density at radius 2 is 1.63 bits per heavy atom. The predicted octanol–water partition coefficient (Wildman–Crippen LogP) is 3.17. The number of esters is 1. The van der Waals surface area contributed by atoms with Crippen LogP contribution in [-0.2, 0) is 19.1 Å². The van der Waals surface area contributed by atoms with Gasteiger partial charge in [-0.2, -0.15) is 0 Å². The summed E-state index contributed by atoms with van der Waals surface area (Å²) in [4.78, 5) is 36.5. The molecule has 4 aliphatic rings. The van der Waals surface area contributed by atoms with Gasteiger partial charge in [0.05, 0.1) is 18.4 Å². The van der Waals surface area contributed by atoms with Crippen LogP contribution in [0.25, 0.3) is 0 Å². The topological polar surface area (TPSA) is 93.7 Å². The first kappa shape index (κ1) is 21.1. The number of ether oxygens (including phenoxy) is 2. The Morgan fingerprint density at radius 3 is 2.23 bits per heavy atom. The molecule has 0 saturated heterocycles. The largest absolute Gasteiger partial charge is 0.465 e. The molecule has 0 spiro atoms. The molecule has 0 unspecified atom stereocenters. The summed E-state index contributed by atoms with van der Waals surface area (Å²) >= 11 is 5.91. The van der Waals surface area contributed by atoms with Crippen LogP contribution in [0.1, 0.15) is 48.9 Å². The normalized spacial score (nSPS) is 28.8. The van der Waals surface area contributed by atoms with Crippen LogP contribution in [0.2, 0.25) is 5.02 Å². The molecule has 8 heteroatoms. The third-order valence-electron chi connectivity index (χ3n) is 6.57. The fourth-order valence-corrected chi connectivity index (χ4v) is 6.09. The summed E-state index contributed by atoms with van der Waals surface area (Å²) < 4.78 is 10.0. The van der Waals surface area contributed by atoms with E-state index in [4.69, 9.17) is 21.1 Å². The van der Waals surface area contributed by atoms with Crippen LogP contribution in [0, 0.1) is 17.8 Å². The molecule has 5 rings (SSSR count). The van der Waals surface area contributed by atoms with E-state index in [0.717, 1.165) is 37.0 Å². The van der Waals surface area contributed by atoms with E-state index in [9.17, 15) is 14.4 Å². The first-order chi connectivity index (χ1) is 14.4. The molecule has 0 aromatic heterocycles. The van der Waals surface area contributed by atoms with Crippen LogP contribution >= 0.6 is 11.6 Å². The number of nitrogens with one attached hydrogen (secondary N) is 2. The van der Waals surface area contributed by atoms with Crippen molar-refractivity contribution in [2.75, 3.05) is 25.6 Å². The highest BCUT2D eigenvalue weighted by Gasteiger charge is 2.51. The lowest BCUT2D eigenvalue weighted by Crippen LogP contribution is -2.60. The van der Waals surface area contributed by atoms with Crippen LogP contribution in [0.5, 0.6) is 0 Å². The summed E-state index contributed by atoms with van der Waals surface area (Å²) in [6.07, 6.45) is 7.13. The zero-order valence-corrected chi connectivity index (χ0v) is 17.8. The average Bonchev–Trinajstić information content (AvgIpc) is 2.67. The SMILES string of the molecule is COC(=O)c1cc(Cl)ccc1NC(=O)COCC(=O)NC12CC3CC(CC(C3)C1)C2. The summed E-state index contributed by atoms with van der Waals surface area (Å²) in [6.45, 7) is -0.461. The summed E-state index contributed by atoms with van der Waals surface area (Å²) in [6, 6.07) is 4.50. The average molecular weight is 435 g/mol. The second-order valence-electron chi connectivity index (χ2n) is 8.97. The number of rotatable bonds is 7. The molecule has 162 valence electrons. The Kier molecular flexibility index (Phi) is 6.02. The Balaban J connectivity index is 1.25. The number of benzene rings is 1. The maximum atomic E-state index is 12.4. The summed E-state index contributed by atoms with van der Waals surface area (Å²) in [5.74, 6) is 0.977. The molecule has 4 bridgehead atoms. The van der Waals surface area contributed by atoms with Gasteiger partial charge in [0.15, 0.2) is 0 Å². The number of amides is 2. The highest BCUT2D eigenvalue weighted by Crippen LogP contribution is 2.55. The first-order valence-electron chi connectivity index (χ1n) is 10.4. The van der Waals surface area contributed by atoms with E-state index in [1.807, 2.05) is 0 Å². The third kappa shape index (κ3) is 4.62. The van der Waals surface area contributed by atoms with Crippen molar-refractivity contribution in [2.45, 2.75) is 44.1 Å². The molecule has 0 heterocycles. The minimum atomic E-state index is -0.608. The fourth-order valence-electron chi connectivity index (χ4n) is 5.92. The van der Waals surface area contributed by atoms with Crippen molar-refractivity contribution < 1.29 is 23.9 Å². The van der Waals surface area contributed by atoms with E-state index in [2.05, 4.69) is 10.6 Å². The van der Waals surface area contributed by atoms with E-state index < -0.39 is 11.9 Å². The molecule has 2 N–H and O–H groups in total. The molecule has 0 radical (unpaired) electrons. The Bertz CT molecular complexity index is 821. The van der Waals surface area contributed by atoms with Crippen molar-refractivity contribution in [1.82, 2.24) is 5.32 Å². The third-order valence-corrected chi connectivity index (χ3v) is 6.81. The van der Waals surface area contributed by atoms with Gasteiger partial charge in [0.25, 0.3) is 0 Å². The highest BCUT2D eigenvalue weighted by molar-refractivity contribution is 6.31. The van der Waals surface area contributed by atoms with Crippen LogP contribution in [-0.4, -0.2) is 43.6 Å². The number of carbonyl (C=O) groups is 3. The molecule has 1 aromatic rings. The van der Waals surface area contributed by atoms with Gasteiger partial charge in [-0.15, -0.1) is 0 Å². The minimum absolute atomic E-state index is 0.0732. The lowest BCUT2D eigenvalue weighted by molar-refractivity contribution is -0.133. The lowest BCUT2D eigenvalue weighted by atomic mass is 9.53. The molecule has 30 heavy (non-hydrogen) atoms. The van der Waals surface area contributed by atoms with E-state index >= 15 is 0 Å². The van der Waals surface area contributed by atoms with Gasteiger partial charge in [0.1, 0.15) is 13.2 Å². The quantitative estimate of drug-likeness (QED) is 0.643. The monoisotopic (exact) mass is 434 g/mol. The summed E-state index contributed by atoms with van der Waals surface area (Å²) in [5.41, 5.74) is 0.353. The lowest BCUT2D eigenvalue weighted by Gasteiger charge is -2.56. The van der Waals surface area contributed by atoms with Gasteiger partial charge in [-0.25, -0.2) is 4.79 Å². The van der Waals surface area contributed by atoms with Gasteiger partial charge in [-0.05, 0) is 74.5 Å². The second kappa shape index (κ2) is 8.55. The van der Waals surface area contributed by atoms with Crippen molar-refractivity contribution in [1.29, 1.82) is 0 Å². The van der Waals surface area contributed by atoms with Gasteiger partial charge in [0.2, 0.25) is 11.8 Å². The van der Waals surface area contributed by atoms with Crippen molar-refractivity contribution in [3.8, 4) is 0 Å². The van der Waals surface area contributed by atoms with E-state index in [1.54, 1.807) is 6.07 Å². The van der Waals surface area contributed by atoms with Crippen LogP contribution in [0.15, 0.2) is 18.2 Å². The van der Waals surface area contributed by atoms with E-state index in [-0.39, 0.29) is 35.9 Å². The van der Waals surface area contributed by atoms with Gasteiger partial charge < -0.3 is 20.1 Å². The molecule has 1 aromatic carbocycles. The Morgan fingerprint density at radius 1 is 1.03 bits per heavy atom. The molecule has 0 atom stereocenters. The van der Waals surface area contributed by atoms with Crippen LogP contribution in [0.4, 0.5) is 5.69 Å². The smallest absolute Gasteiger partial charge is 0.340 e. The predicted molar refractivity (Wildman–Crippen MR) is 111 cm³/mol. The first-order valence-corrected chi connectivity index (χ1v) is 10.8. The standard InChI is InChI=1S/C22H27ClN2O5/c1-29-21(28)17-7-16(23)2-3-18(17)24-19(26)11-30-12-20(27)25-22-8-13-4-14(9-22)6-15(5-13)10-22/h2-3,7,13-15H,4-6,8-12H2,1H3,(H,24,26)(H,25,27). The van der Waals surface area contributed by atoms with Crippen molar-refractivity contribution >= 4 is 35.1 Å². The molecule has 7 nitrogen and oxygen atoms in total. The minimum Gasteiger partial charge on any atom is -0.465 e. The summed E-state index contributed by atoms with van der Waals surface area (Å²) in [7, 11) is 1.25. The number of methoxy groups -OCH3 is 1. The second-order valence-corrected chi connectivity index (χ2v) is 9.40. The molecular formula is C22H27ClN2O5. The van der Waals surface area contributed by atoms with Crippen molar-refractivity contribution in [3.63, 3.8) is 0 Å². The van der Waals surface area contributed by atoms with E-state index in [1.165, 1.54) is 38.5 Å². The maximum absolute atomic E-state index is 12.4. The van der Waals surface area contributed by atoms with E-state index in [0.29, 0.717) is 5.02 Å². The van der Waals surface area contributed by atoms with Crippen LogP contribution < -0.4 is 10.6 Å². The highest BCUT2D eigenvalue weighted by atomic mass is 35.5. The van der Waals surface area contributed by atoms with Gasteiger partial charge >= 0.3 is 5.97 Å². The van der Waals surface area contributed by atoms with Gasteiger partial charge in [-0.1, -0.05) is 11.6 Å². The zero-order chi connectivity index (χ0) is 21.3. The number of halogens is 1. The molecule has 4 saturated carbocycles. The van der Waals surface area contributed by atoms with Gasteiger partial charge in [0, 0.05) is 10.6 Å². The number of anilines is 1. The number of carbonyl (C=O) groups excluding carboxylic acids is 3. The molecule has 0 aliphatic heterocycles.